The van der Waals surface area contributed by atoms with E-state index in [1.165, 1.54) is 12.0 Å². The molecule has 0 unspecified atom stereocenters. The van der Waals surface area contributed by atoms with Gasteiger partial charge in [0.05, 0.1) is 5.69 Å². The molecule has 0 aromatic carbocycles. The van der Waals surface area contributed by atoms with Crippen molar-refractivity contribution in [2.75, 3.05) is 13.1 Å². The summed E-state index contributed by atoms with van der Waals surface area (Å²) in [6.07, 6.45) is 13.4. The van der Waals surface area contributed by atoms with Crippen molar-refractivity contribution in [3.8, 4) is 5.82 Å². The Morgan fingerprint density at radius 2 is 2.04 bits per heavy atom. The van der Waals surface area contributed by atoms with Crippen LogP contribution in [0.3, 0.4) is 0 Å². The summed E-state index contributed by atoms with van der Waals surface area (Å²) in [5.74, 6) is 2.23. The van der Waals surface area contributed by atoms with Crippen LogP contribution in [-0.4, -0.2) is 42.5 Å². The molecule has 4 heterocycles. The van der Waals surface area contributed by atoms with E-state index in [1.54, 1.807) is 12.4 Å². The lowest BCUT2D eigenvalue weighted by Gasteiger charge is -2.33. The highest BCUT2D eigenvalue weighted by atomic mass is 15.2. The lowest BCUT2D eigenvalue weighted by atomic mass is 9.94. The number of hydrogen-bond donors (Lipinski definition) is 0. The van der Waals surface area contributed by atoms with Crippen molar-refractivity contribution in [3.05, 3.63) is 66.4 Å². The van der Waals surface area contributed by atoms with E-state index < -0.39 is 0 Å². The second-order valence-electron chi connectivity index (χ2n) is 6.55. The predicted molar refractivity (Wildman–Crippen MR) is 95.4 cm³/mol. The molecule has 1 aliphatic heterocycles. The highest BCUT2D eigenvalue weighted by Crippen LogP contribution is 2.29. The zero-order chi connectivity index (χ0) is 17.1. The Bertz CT molecular complexity index is 829. The van der Waals surface area contributed by atoms with Crippen LogP contribution in [0.4, 0.5) is 0 Å². The molecule has 4 rings (SSSR count). The second kappa shape index (κ2) is 7.11. The van der Waals surface area contributed by atoms with E-state index >= 15 is 0 Å². The van der Waals surface area contributed by atoms with Crippen LogP contribution in [-0.2, 0) is 6.54 Å². The number of aryl methyl sites for hydroxylation is 1. The molecule has 0 N–H and O–H groups in total. The van der Waals surface area contributed by atoms with Crippen molar-refractivity contribution >= 4 is 0 Å². The molecule has 0 bridgehead atoms. The summed E-state index contributed by atoms with van der Waals surface area (Å²) in [6.45, 7) is 5.04. The molecule has 0 radical (unpaired) electrons. The molecule has 0 saturated carbocycles. The average Bonchev–Trinajstić information content (AvgIpc) is 3.09. The third-order valence-corrected chi connectivity index (χ3v) is 4.78. The van der Waals surface area contributed by atoms with E-state index in [0.717, 1.165) is 43.4 Å². The number of nitrogens with zero attached hydrogens (tertiary/aromatic N) is 6. The summed E-state index contributed by atoms with van der Waals surface area (Å²) in [7, 11) is 0. The van der Waals surface area contributed by atoms with Crippen LogP contribution in [0.2, 0.25) is 0 Å². The third-order valence-electron chi connectivity index (χ3n) is 4.78. The molecule has 3 aromatic heterocycles. The molecule has 25 heavy (non-hydrogen) atoms. The van der Waals surface area contributed by atoms with Gasteiger partial charge in [0.1, 0.15) is 5.82 Å². The number of aromatic nitrogens is 5. The van der Waals surface area contributed by atoms with E-state index in [-0.39, 0.29) is 0 Å². The molecule has 1 fully saturated rings. The number of piperidine rings is 1. The minimum absolute atomic E-state index is 0.385. The lowest BCUT2D eigenvalue weighted by Crippen LogP contribution is -2.34. The van der Waals surface area contributed by atoms with Crippen molar-refractivity contribution < 1.29 is 0 Å². The maximum Gasteiger partial charge on any atom is 0.160 e. The van der Waals surface area contributed by atoms with Crippen LogP contribution in [0.25, 0.3) is 5.82 Å². The first-order valence-electron chi connectivity index (χ1n) is 8.74. The first-order valence-corrected chi connectivity index (χ1v) is 8.74. The van der Waals surface area contributed by atoms with Gasteiger partial charge >= 0.3 is 0 Å². The van der Waals surface area contributed by atoms with Gasteiger partial charge in [-0.2, -0.15) is 0 Å². The molecule has 0 aliphatic carbocycles. The maximum absolute atomic E-state index is 4.69. The van der Waals surface area contributed by atoms with E-state index in [2.05, 4.69) is 25.9 Å². The molecule has 3 aromatic rings. The molecule has 6 heteroatoms. The minimum atomic E-state index is 0.385. The Balaban J connectivity index is 1.57. The zero-order valence-electron chi connectivity index (χ0n) is 14.4. The van der Waals surface area contributed by atoms with Crippen molar-refractivity contribution in [2.24, 2.45) is 0 Å². The van der Waals surface area contributed by atoms with Crippen molar-refractivity contribution in [1.29, 1.82) is 0 Å². The van der Waals surface area contributed by atoms with Crippen molar-refractivity contribution in [1.82, 2.24) is 29.4 Å². The molecular weight excluding hydrogens is 312 g/mol. The normalized spacial score (nSPS) is 18.4. The molecule has 128 valence electrons. The summed E-state index contributed by atoms with van der Waals surface area (Å²) in [6, 6.07) is 4.14. The summed E-state index contributed by atoms with van der Waals surface area (Å²) < 4.78 is 2.03. The fraction of sp³-hybridized carbons (Fsp3) is 0.368. The van der Waals surface area contributed by atoms with Crippen LogP contribution < -0.4 is 0 Å². The Morgan fingerprint density at radius 3 is 2.84 bits per heavy atom. The van der Waals surface area contributed by atoms with Crippen LogP contribution in [0.1, 0.15) is 35.8 Å². The van der Waals surface area contributed by atoms with Gasteiger partial charge in [-0.3, -0.25) is 19.4 Å². The smallest absolute Gasteiger partial charge is 0.160 e. The summed E-state index contributed by atoms with van der Waals surface area (Å²) >= 11 is 0. The Morgan fingerprint density at radius 1 is 1.12 bits per heavy atom. The number of hydrogen-bond acceptors (Lipinski definition) is 5. The quantitative estimate of drug-likeness (QED) is 0.734. The van der Waals surface area contributed by atoms with Crippen molar-refractivity contribution in [2.45, 2.75) is 32.2 Å². The SMILES string of the molecule is Cc1nccn1-c1nccnc1[C@@H]1CCCN(Cc2cccnc2)C1. The predicted octanol–water partition coefficient (Wildman–Crippen LogP) is 2.75. The average molecular weight is 334 g/mol. The largest absolute Gasteiger partial charge is 0.298 e. The van der Waals surface area contributed by atoms with E-state index in [0.29, 0.717) is 5.92 Å². The van der Waals surface area contributed by atoms with Crippen LogP contribution in [0.5, 0.6) is 0 Å². The number of likely N-dealkylation sites (tertiary alicyclic amines) is 1. The van der Waals surface area contributed by atoms with E-state index in [1.807, 2.05) is 42.3 Å². The fourth-order valence-electron chi connectivity index (χ4n) is 3.59. The van der Waals surface area contributed by atoms with Gasteiger partial charge in [0, 0.05) is 56.2 Å². The van der Waals surface area contributed by atoms with Crippen LogP contribution >= 0.6 is 0 Å². The van der Waals surface area contributed by atoms with Gasteiger partial charge < -0.3 is 0 Å². The number of pyridine rings is 1. The minimum Gasteiger partial charge on any atom is -0.298 e. The Labute approximate surface area is 147 Å². The topological polar surface area (TPSA) is 59.7 Å². The van der Waals surface area contributed by atoms with Crippen LogP contribution in [0, 0.1) is 6.92 Å². The van der Waals surface area contributed by atoms with E-state index in [9.17, 15) is 0 Å². The Hall–Kier alpha value is -2.60. The maximum atomic E-state index is 4.69. The van der Waals surface area contributed by atoms with Gasteiger partial charge in [-0.05, 0) is 37.9 Å². The van der Waals surface area contributed by atoms with Crippen LogP contribution in [0.15, 0.2) is 49.3 Å². The standard InChI is InChI=1S/C19H22N6/c1-15-21-9-11-25(15)19-18(22-7-8-23-19)17-5-3-10-24(14-17)13-16-4-2-6-20-12-16/h2,4,6-9,11-12,17H,3,5,10,13-14H2,1H3/t17-/m1/s1. The first kappa shape index (κ1) is 15.9. The molecule has 1 atom stereocenters. The van der Waals surface area contributed by atoms with Gasteiger partial charge in [0.25, 0.3) is 0 Å². The highest BCUT2D eigenvalue weighted by molar-refractivity contribution is 5.33. The van der Waals surface area contributed by atoms with Gasteiger partial charge in [0.15, 0.2) is 5.82 Å². The molecular formula is C19H22N6. The summed E-state index contributed by atoms with van der Waals surface area (Å²) in [5, 5.41) is 0. The molecule has 0 spiro atoms. The zero-order valence-corrected chi connectivity index (χ0v) is 14.4. The highest BCUT2D eigenvalue weighted by Gasteiger charge is 2.26. The summed E-state index contributed by atoms with van der Waals surface area (Å²) in [5.41, 5.74) is 2.33. The Kier molecular flexibility index (Phi) is 4.52. The molecule has 0 amide bonds. The monoisotopic (exact) mass is 334 g/mol. The van der Waals surface area contributed by atoms with E-state index in [4.69, 9.17) is 4.98 Å². The summed E-state index contributed by atoms with van der Waals surface area (Å²) in [4.78, 5) is 20.3. The number of rotatable bonds is 4. The fourth-order valence-corrected chi connectivity index (χ4v) is 3.59. The molecule has 1 aliphatic rings. The molecule has 1 saturated heterocycles. The van der Waals surface area contributed by atoms with Gasteiger partial charge in [-0.1, -0.05) is 6.07 Å². The van der Waals surface area contributed by atoms with Gasteiger partial charge in [-0.15, -0.1) is 0 Å². The third kappa shape index (κ3) is 3.44. The molecule has 6 nitrogen and oxygen atoms in total. The first-order chi connectivity index (χ1) is 12.3. The van der Waals surface area contributed by atoms with Crippen molar-refractivity contribution in [3.63, 3.8) is 0 Å². The number of imidazole rings is 1. The lowest BCUT2D eigenvalue weighted by molar-refractivity contribution is 0.198. The van der Waals surface area contributed by atoms with Gasteiger partial charge in [-0.25, -0.2) is 9.97 Å². The van der Waals surface area contributed by atoms with Gasteiger partial charge in [0.2, 0.25) is 0 Å². The second-order valence-corrected chi connectivity index (χ2v) is 6.55.